The molecular weight excluding hydrogens is 116 g/mol. The van der Waals surface area contributed by atoms with Crippen molar-refractivity contribution in [3.8, 4) is 0 Å². The summed E-state index contributed by atoms with van der Waals surface area (Å²) in [4.78, 5) is 0. The molecule has 0 aromatic heterocycles. The van der Waals surface area contributed by atoms with Crippen LogP contribution in [0.1, 0.15) is 0 Å². The van der Waals surface area contributed by atoms with Crippen LogP contribution in [0.5, 0.6) is 0 Å². The van der Waals surface area contributed by atoms with E-state index >= 15 is 0 Å². The van der Waals surface area contributed by atoms with Crippen LogP contribution in [0.25, 0.3) is 0 Å². The molecule has 0 amide bonds. The van der Waals surface area contributed by atoms with E-state index in [1.807, 2.05) is 0 Å². The molecule has 4 nitrogen and oxygen atoms in total. The maximum absolute atomic E-state index is 10.1. The van der Waals surface area contributed by atoms with Crippen molar-refractivity contribution in [1.82, 2.24) is 0 Å². The maximum atomic E-state index is 10.1. The van der Waals surface area contributed by atoms with Crippen molar-refractivity contribution in [3.05, 3.63) is 0 Å². The SMILES string of the molecule is CS(=O)(=O)C(N)N. The van der Waals surface area contributed by atoms with Gasteiger partial charge in [-0.3, -0.25) is 0 Å². The van der Waals surface area contributed by atoms with Gasteiger partial charge in [-0.2, -0.15) is 0 Å². The van der Waals surface area contributed by atoms with E-state index in [0.29, 0.717) is 0 Å². The van der Waals surface area contributed by atoms with Crippen molar-refractivity contribution in [2.45, 2.75) is 5.50 Å². The summed E-state index contributed by atoms with van der Waals surface area (Å²) in [6, 6.07) is 0. The lowest BCUT2D eigenvalue weighted by Crippen LogP contribution is -2.38. The molecule has 44 valence electrons. The molecule has 0 atom stereocenters. The van der Waals surface area contributed by atoms with Gasteiger partial charge in [0, 0.05) is 6.26 Å². The summed E-state index contributed by atoms with van der Waals surface area (Å²) in [7, 11) is -3.19. The smallest absolute Gasteiger partial charge is 0.176 e. The van der Waals surface area contributed by atoms with Gasteiger partial charge in [-0.25, -0.2) is 8.42 Å². The maximum Gasteiger partial charge on any atom is 0.176 e. The first-order chi connectivity index (χ1) is 2.94. The fourth-order valence-electron chi connectivity index (χ4n) is 0. The van der Waals surface area contributed by atoms with E-state index in [1.54, 1.807) is 0 Å². The predicted molar refractivity (Wildman–Crippen MR) is 27.0 cm³/mol. The summed E-state index contributed by atoms with van der Waals surface area (Å²) < 4.78 is 20.2. The predicted octanol–water partition coefficient (Wildman–Crippen LogP) is -1.77. The molecule has 5 heteroatoms. The average molecular weight is 124 g/mol. The van der Waals surface area contributed by atoms with Gasteiger partial charge < -0.3 is 11.5 Å². The van der Waals surface area contributed by atoms with Crippen LogP contribution in [0.3, 0.4) is 0 Å². The minimum absolute atomic E-state index is 0.984. The minimum Gasteiger partial charge on any atom is -0.303 e. The third-order valence-corrected chi connectivity index (χ3v) is 1.48. The van der Waals surface area contributed by atoms with Gasteiger partial charge in [0.1, 0.15) is 0 Å². The normalized spacial score (nSPS) is 12.6. The highest BCUT2D eigenvalue weighted by molar-refractivity contribution is 7.91. The summed E-state index contributed by atoms with van der Waals surface area (Å²) in [6.07, 6.45) is 0.984. The molecule has 0 heterocycles. The number of hydrogen-bond donors (Lipinski definition) is 2. The number of rotatable bonds is 1. The number of sulfone groups is 1. The van der Waals surface area contributed by atoms with Crippen molar-refractivity contribution in [1.29, 1.82) is 0 Å². The molecule has 0 aromatic rings. The molecule has 0 radical (unpaired) electrons. The largest absolute Gasteiger partial charge is 0.303 e. The van der Waals surface area contributed by atoms with Gasteiger partial charge in [0.25, 0.3) is 0 Å². The third-order valence-electron chi connectivity index (χ3n) is 0.494. The fraction of sp³-hybridized carbons (Fsp3) is 1.00. The summed E-state index contributed by atoms with van der Waals surface area (Å²) in [5, 5.41) is 0. The zero-order chi connectivity index (χ0) is 6.08. The summed E-state index contributed by atoms with van der Waals surface area (Å²) in [5.74, 6) is 0. The molecule has 4 N–H and O–H groups in total. The monoisotopic (exact) mass is 124 g/mol. The first-order valence-electron chi connectivity index (χ1n) is 1.64. The summed E-state index contributed by atoms with van der Waals surface area (Å²) in [6.45, 7) is 0. The van der Waals surface area contributed by atoms with Crippen LogP contribution in [0, 0.1) is 0 Å². The second kappa shape index (κ2) is 1.77. The summed E-state index contributed by atoms with van der Waals surface area (Å²) >= 11 is 0. The first kappa shape index (κ1) is 6.87. The van der Waals surface area contributed by atoms with Gasteiger partial charge in [-0.15, -0.1) is 0 Å². The Bertz CT molecular complexity index is 136. The van der Waals surface area contributed by atoms with E-state index in [4.69, 9.17) is 11.5 Å². The molecular formula is C2H8N2O2S. The van der Waals surface area contributed by atoms with E-state index in [0.717, 1.165) is 6.26 Å². The standard InChI is InChI=1S/C2H8N2O2S/c1-7(5,6)2(3)4/h2H,3-4H2,1H3. The Morgan fingerprint density at radius 3 is 1.57 bits per heavy atom. The van der Waals surface area contributed by atoms with E-state index < -0.39 is 15.3 Å². The van der Waals surface area contributed by atoms with Crippen molar-refractivity contribution in [2.24, 2.45) is 11.5 Å². The molecule has 0 aromatic carbocycles. The minimum atomic E-state index is -3.19. The van der Waals surface area contributed by atoms with Crippen LogP contribution in [0.4, 0.5) is 0 Å². The third kappa shape index (κ3) is 2.55. The fourth-order valence-corrected chi connectivity index (χ4v) is 0. The van der Waals surface area contributed by atoms with Gasteiger partial charge in [0.15, 0.2) is 15.3 Å². The van der Waals surface area contributed by atoms with Gasteiger partial charge >= 0.3 is 0 Å². The Hall–Kier alpha value is -0.130. The molecule has 7 heavy (non-hydrogen) atoms. The first-order valence-corrected chi connectivity index (χ1v) is 3.60. The molecule has 0 saturated heterocycles. The van der Waals surface area contributed by atoms with Crippen LogP contribution in [0.15, 0.2) is 0 Å². The topological polar surface area (TPSA) is 86.2 Å². The Balaban J connectivity index is 4.10. The van der Waals surface area contributed by atoms with Gasteiger partial charge in [-0.05, 0) is 0 Å². The van der Waals surface area contributed by atoms with Crippen LogP contribution in [-0.4, -0.2) is 20.2 Å². The molecule has 0 fully saturated rings. The van der Waals surface area contributed by atoms with Crippen molar-refractivity contribution < 1.29 is 8.42 Å². The van der Waals surface area contributed by atoms with Gasteiger partial charge in [0.05, 0.1) is 0 Å². The molecule has 0 aliphatic carbocycles. The Morgan fingerprint density at radius 2 is 1.57 bits per heavy atom. The second-order valence-electron chi connectivity index (χ2n) is 1.29. The van der Waals surface area contributed by atoms with Crippen LogP contribution in [-0.2, 0) is 9.84 Å². The number of nitrogens with two attached hydrogens (primary N) is 2. The lowest BCUT2D eigenvalue weighted by Gasteiger charge is -1.97. The molecule has 0 rings (SSSR count). The van der Waals surface area contributed by atoms with Gasteiger partial charge in [0.2, 0.25) is 0 Å². The Morgan fingerprint density at radius 1 is 1.43 bits per heavy atom. The van der Waals surface area contributed by atoms with Crippen molar-refractivity contribution in [3.63, 3.8) is 0 Å². The zero-order valence-electron chi connectivity index (χ0n) is 3.96. The van der Waals surface area contributed by atoms with E-state index in [1.165, 1.54) is 0 Å². The molecule has 0 bridgehead atoms. The highest BCUT2D eigenvalue weighted by atomic mass is 32.2. The number of hydrogen-bond acceptors (Lipinski definition) is 4. The van der Waals surface area contributed by atoms with E-state index in [2.05, 4.69) is 0 Å². The zero-order valence-corrected chi connectivity index (χ0v) is 4.77. The van der Waals surface area contributed by atoms with Crippen molar-refractivity contribution in [2.75, 3.05) is 6.26 Å². The molecule has 0 aliphatic rings. The van der Waals surface area contributed by atoms with Crippen LogP contribution < -0.4 is 11.5 Å². The Kier molecular flexibility index (Phi) is 1.74. The van der Waals surface area contributed by atoms with E-state index in [-0.39, 0.29) is 0 Å². The van der Waals surface area contributed by atoms with Crippen molar-refractivity contribution >= 4 is 9.84 Å². The average Bonchev–Trinajstić information content (AvgIpc) is 1.31. The van der Waals surface area contributed by atoms with E-state index in [9.17, 15) is 8.42 Å². The summed E-state index contributed by atoms with van der Waals surface area (Å²) in [5.41, 5.74) is 8.29. The lowest BCUT2D eigenvalue weighted by molar-refractivity contribution is 0.588. The molecule has 0 saturated carbocycles. The highest BCUT2D eigenvalue weighted by Crippen LogP contribution is 1.77. The quantitative estimate of drug-likeness (QED) is 0.405. The molecule has 0 spiro atoms. The molecule has 0 aliphatic heterocycles. The second-order valence-corrected chi connectivity index (χ2v) is 3.50. The highest BCUT2D eigenvalue weighted by Gasteiger charge is 2.06. The van der Waals surface area contributed by atoms with Gasteiger partial charge in [-0.1, -0.05) is 0 Å². The van der Waals surface area contributed by atoms with Crippen LogP contribution in [0.2, 0.25) is 0 Å². The Labute approximate surface area is 42.4 Å². The lowest BCUT2D eigenvalue weighted by atomic mass is 11.2. The van der Waals surface area contributed by atoms with Crippen LogP contribution >= 0.6 is 0 Å². The molecule has 0 unspecified atom stereocenters.